The third kappa shape index (κ3) is 5.08. The van der Waals surface area contributed by atoms with Gasteiger partial charge in [0.25, 0.3) is 5.91 Å². The third-order valence-corrected chi connectivity index (χ3v) is 6.47. The minimum absolute atomic E-state index is 0.164. The summed E-state index contributed by atoms with van der Waals surface area (Å²) >= 11 is 12.3. The molecule has 1 amide bonds. The van der Waals surface area contributed by atoms with E-state index in [1.807, 2.05) is 36.4 Å². The van der Waals surface area contributed by atoms with Gasteiger partial charge < -0.3 is 19.5 Å². The molecule has 33 heavy (non-hydrogen) atoms. The first-order chi connectivity index (χ1) is 16.0. The predicted molar refractivity (Wildman–Crippen MR) is 125 cm³/mol. The average molecular weight is 488 g/mol. The molecule has 6 nitrogen and oxygen atoms in total. The van der Waals surface area contributed by atoms with E-state index in [2.05, 4.69) is 5.32 Å². The van der Waals surface area contributed by atoms with Gasteiger partial charge in [0.05, 0.1) is 47.1 Å². The van der Waals surface area contributed by atoms with Crippen molar-refractivity contribution < 1.29 is 23.8 Å². The fourth-order valence-electron chi connectivity index (χ4n) is 4.21. The first-order valence-electron chi connectivity index (χ1n) is 10.5. The molecule has 0 bridgehead atoms. The van der Waals surface area contributed by atoms with Crippen LogP contribution < -0.4 is 5.32 Å². The van der Waals surface area contributed by atoms with Gasteiger partial charge in [-0.25, -0.2) is 4.79 Å². The lowest BCUT2D eigenvalue weighted by Gasteiger charge is -2.35. The van der Waals surface area contributed by atoms with Gasteiger partial charge in [0, 0.05) is 12.5 Å². The van der Waals surface area contributed by atoms with Gasteiger partial charge in [0.2, 0.25) is 6.29 Å². The highest BCUT2D eigenvalue weighted by molar-refractivity contribution is 6.39. The predicted octanol–water partition coefficient (Wildman–Crippen LogP) is 4.92. The Kier molecular flexibility index (Phi) is 7.38. The number of esters is 1. The molecule has 2 aromatic carbocycles. The van der Waals surface area contributed by atoms with Crippen LogP contribution in [-0.4, -0.2) is 31.8 Å². The van der Waals surface area contributed by atoms with Crippen molar-refractivity contribution in [3.8, 4) is 0 Å². The zero-order valence-corrected chi connectivity index (χ0v) is 19.4. The summed E-state index contributed by atoms with van der Waals surface area (Å²) in [5.41, 5.74) is 2.59. The van der Waals surface area contributed by atoms with Crippen molar-refractivity contribution >= 4 is 35.1 Å². The molecule has 8 heteroatoms. The lowest BCUT2D eigenvalue weighted by molar-refractivity contribution is -0.160. The van der Waals surface area contributed by atoms with E-state index >= 15 is 0 Å². The maximum absolute atomic E-state index is 12.8. The van der Waals surface area contributed by atoms with Crippen LogP contribution in [-0.2, 0) is 25.6 Å². The van der Waals surface area contributed by atoms with Crippen LogP contribution in [0.5, 0.6) is 0 Å². The largest absolute Gasteiger partial charge is 0.471 e. The summed E-state index contributed by atoms with van der Waals surface area (Å²) in [5.74, 6) is -1.23. The second kappa shape index (κ2) is 10.4. The fourth-order valence-corrected chi connectivity index (χ4v) is 4.77. The molecule has 0 radical (unpaired) electrons. The molecule has 1 heterocycles. The molecule has 3 atom stereocenters. The Bertz CT molecular complexity index is 1080. The highest BCUT2D eigenvalue weighted by Crippen LogP contribution is 2.43. The van der Waals surface area contributed by atoms with E-state index in [0.29, 0.717) is 18.6 Å². The Morgan fingerprint density at radius 3 is 2.52 bits per heavy atom. The Balaban J connectivity index is 1.50. The lowest BCUT2D eigenvalue weighted by atomic mass is 9.83. The molecule has 4 rings (SSSR count). The average Bonchev–Trinajstić information content (AvgIpc) is 3.25. The molecule has 0 aromatic heterocycles. The van der Waals surface area contributed by atoms with Crippen molar-refractivity contribution in [3.63, 3.8) is 0 Å². The first kappa shape index (κ1) is 23.4. The maximum Gasteiger partial charge on any atom is 0.337 e. The van der Waals surface area contributed by atoms with Crippen molar-refractivity contribution in [3.05, 3.63) is 93.2 Å². The van der Waals surface area contributed by atoms with Crippen molar-refractivity contribution in [2.24, 2.45) is 11.8 Å². The van der Waals surface area contributed by atoms with Gasteiger partial charge in [-0.15, -0.1) is 0 Å². The number of benzene rings is 2. The molecule has 0 saturated carbocycles. The van der Waals surface area contributed by atoms with Gasteiger partial charge in [0.1, 0.15) is 0 Å². The third-order valence-electron chi connectivity index (χ3n) is 5.84. The first-order valence-corrected chi connectivity index (χ1v) is 11.3. The van der Waals surface area contributed by atoms with Crippen LogP contribution in [0.1, 0.15) is 22.3 Å². The van der Waals surface area contributed by atoms with E-state index in [0.717, 1.165) is 11.1 Å². The monoisotopic (exact) mass is 487 g/mol. The van der Waals surface area contributed by atoms with Gasteiger partial charge in [-0.05, 0) is 29.7 Å². The number of hydrogen-bond acceptors (Lipinski definition) is 5. The molecule has 1 N–H and O–H groups in total. The second-order valence-electron chi connectivity index (χ2n) is 7.79. The Labute approximate surface area is 202 Å². The topological polar surface area (TPSA) is 73.9 Å². The zero-order chi connectivity index (χ0) is 23.4. The number of carbonyl (C=O) groups excluding carboxylic acids is 2. The standard InChI is InChI=1S/C25H23Cl2NO5/c1-31-24(30)18-14-33-25(32-13-15-6-3-2-4-7-15)21-16(10-11-17(18)21)12-28-23(29)22-19(26)8-5-9-20(22)27/h2-10,14,17,21,25H,11-13H2,1H3,(H,28,29)/t17-,21-,25-/m1/s1. The van der Waals surface area contributed by atoms with Crippen molar-refractivity contribution in [1.82, 2.24) is 5.32 Å². The number of fused-ring (bicyclic) bond motifs is 1. The highest BCUT2D eigenvalue weighted by atomic mass is 35.5. The summed E-state index contributed by atoms with van der Waals surface area (Å²) in [7, 11) is 1.34. The van der Waals surface area contributed by atoms with Gasteiger partial charge in [-0.1, -0.05) is 65.7 Å². The van der Waals surface area contributed by atoms with Crippen LogP contribution in [0.4, 0.5) is 0 Å². The number of ether oxygens (including phenoxy) is 3. The Morgan fingerprint density at radius 2 is 1.82 bits per heavy atom. The Morgan fingerprint density at radius 1 is 1.09 bits per heavy atom. The van der Waals surface area contributed by atoms with Gasteiger partial charge in [-0.2, -0.15) is 0 Å². The van der Waals surface area contributed by atoms with E-state index < -0.39 is 12.3 Å². The quantitative estimate of drug-likeness (QED) is 0.443. The number of carbonyl (C=O) groups is 2. The molecule has 0 unspecified atom stereocenters. The van der Waals surface area contributed by atoms with Gasteiger partial charge in [-0.3, -0.25) is 4.79 Å². The van der Waals surface area contributed by atoms with E-state index in [4.69, 9.17) is 37.4 Å². The summed E-state index contributed by atoms with van der Waals surface area (Å²) in [6.07, 6.45) is 3.44. The van der Waals surface area contributed by atoms with E-state index in [1.54, 1.807) is 18.2 Å². The summed E-state index contributed by atoms with van der Waals surface area (Å²) in [6.45, 7) is 0.593. The number of hydrogen-bond donors (Lipinski definition) is 1. The van der Waals surface area contributed by atoms with Gasteiger partial charge >= 0.3 is 5.97 Å². The van der Waals surface area contributed by atoms with Crippen LogP contribution >= 0.6 is 23.2 Å². The van der Waals surface area contributed by atoms with Crippen molar-refractivity contribution in [1.29, 1.82) is 0 Å². The summed E-state index contributed by atoms with van der Waals surface area (Å²) < 4.78 is 16.8. The number of halogens is 2. The lowest BCUT2D eigenvalue weighted by Crippen LogP contribution is -2.39. The number of amides is 1. The molecule has 2 aromatic rings. The van der Waals surface area contributed by atoms with Crippen LogP contribution in [0.25, 0.3) is 0 Å². The number of nitrogens with one attached hydrogen (secondary N) is 1. The van der Waals surface area contributed by atoms with Gasteiger partial charge in [0.15, 0.2) is 0 Å². The SMILES string of the molecule is COC(=O)C1=CO[C@@H](OCc2ccccc2)[C@@H]2C(CNC(=O)c3c(Cl)cccc3Cl)=CC[C@H]12. The minimum atomic E-state index is -0.613. The van der Waals surface area contributed by atoms with Crippen LogP contribution in [0, 0.1) is 11.8 Å². The molecular weight excluding hydrogens is 465 g/mol. The van der Waals surface area contributed by atoms with E-state index in [1.165, 1.54) is 13.4 Å². The molecular formula is C25H23Cl2NO5. The summed E-state index contributed by atoms with van der Waals surface area (Å²) in [6, 6.07) is 14.7. The van der Waals surface area contributed by atoms with E-state index in [-0.39, 0.29) is 39.9 Å². The molecule has 0 saturated heterocycles. The number of methoxy groups -OCH3 is 1. The molecule has 1 aliphatic carbocycles. The molecule has 0 fully saturated rings. The van der Waals surface area contributed by atoms with E-state index in [9.17, 15) is 9.59 Å². The molecule has 0 spiro atoms. The molecule has 1 aliphatic heterocycles. The van der Waals surface area contributed by atoms with Crippen LogP contribution in [0.3, 0.4) is 0 Å². The smallest absolute Gasteiger partial charge is 0.337 e. The second-order valence-corrected chi connectivity index (χ2v) is 8.61. The van der Waals surface area contributed by atoms with Crippen molar-refractivity contribution in [2.75, 3.05) is 13.7 Å². The number of allylic oxidation sites excluding steroid dienone is 1. The van der Waals surface area contributed by atoms with Crippen LogP contribution in [0.15, 0.2) is 72.0 Å². The fraction of sp³-hybridized carbons (Fsp3) is 0.280. The molecule has 172 valence electrons. The molecule has 2 aliphatic rings. The Hall–Kier alpha value is -2.80. The summed E-state index contributed by atoms with van der Waals surface area (Å²) in [4.78, 5) is 25.1. The highest BCUT2D eigenvalue weighted by Gasteiger charge is 2.44. The van der Waals surface area contributed by atoms with Crippen LogP contribution in [0.2, 0.25) is 10.0 Å². The zero-order valence-electron chi connectivity index (χ0n) is 17.9. The normalized spacial score (nSPS) is 21.4. The van der Waals surface area contributed by atoms with Crippen molar-refractivity contribution in [2.45, 2.75) is 19.3 Å². The maximum atomic E-state index is 12.8. The summed E-state index contributed by atoms with van der Waals surface area (Å²) in [5, 5.41) is 3.44. The minimum Gasteiger partial charge on any atom is -0.471 e. The number of rotatable bonds is 7.